The first-order chi connectivity index (χ1) is 11.7. The molecule has 0 aromatic heterocycles. The SMILES string of the molecule is COc1ccccc1C1CNCCN1C(=O)Cc1ccccc1C.Cl. The Bertz CT molecular complexity index is 720. The fourth-order valence-corrected chi connectivity index (χ4v) is 3.30. The number of amides is 1. The number of rotatable bonds is 4. The molecule has 0 saturated carbocycles. The molecule has 0 bridgehead atoms. The summed E-state index contributed by atoms with van der Waals surface area (Å²) in [5.74, 6) is 1.00. The third kappa shape index (κ3) is 4.33. The third-order valence-electron chi connectivity index (χ3n) is 4.66. The van der Waals surface area contributed by atoms with Crippen LogP contribution >= 0.6 is 12.4 Å². The fraction of sp³-hybridized carbons (Fsp3) is 0.350. The van der Waals surface area contributed by atoms with Crippen molar-refractivity contribution in [2.24, 2.45) is 0 Å². The lowest BCUT2D eigenvalue weighted by Gasteiger charge is -2.37. The van der Waals surface area contributed by atoms with Crippen molar-refractivity contribution in [2.45, 2.75) is 19.4 Å². The third-order valence-corrected chi connectivity index (χ3v) is 4.66. The number of hydrogen-bond acceptors (Lipinski definition) is 3. The highest BCUT2D eigenvalue weighted by Crippen LogP contribution is 2.30. The van der Waals surface area contributed by atoms with Crippen LogP contribution in [0.15, 0.2) is 48.5 Å². The maximum Gasteiger partial charge on any atom is 0.227 e. The van der Waals surface area contributed by atoms with Crippen molar-refractivity contribution in [2.75, 3.05) is 26.7 Å². The van der Waals surface area contributed by atoms with Crippen LogP contribution < -0.4 is 10.1 Å². The molecule has 4 nitrogen and oxygen atoms in total. The van der Waals surface area contributed by atoms with E-state index in [0.717, 1.165) is 35.5 Å². The highest BCUT2D eigenvalue weighted by molar-refractivity contribution is 5.85. The molecule has 1 aliphatic heterocycles. The summed E-state index contributed by atoms with van der Waals surface area (Å²) in [7, 11) is 1.68. The van der Waals surface area contributed by atoms with Crippen LogP contribution in [0.3, 0.4) is 0 Å². The predicted octanol–water partition coefficient (Wildman–Crippen LogP) is 3.14. The van der Waals surface area contributed by atoms with Gasteiger partial charge in [0.05, 0.1) is 19.6 Å². The highest BCUT2D eigenvalue weighted by Gasteiger charge is 2.29. The van der Waals surface area contributed by atoms with E-state index in [4.69, 9.17) is 4.74 Å². The van der Waals surface area contributed by atoms with Crippen molar-refractivity contribution < 1.29 is 9.53 Å². The zero-order valence-electron chi connectivity index (χ0n) is 14.7. The second kappa shape index (κ2) is 8.88. The summed E-state index contributed by atoms with van der Waals surface area (Å²) in [6.45, 7) is 4.34. The number of benzene rings is 2. The van der Waals surface area contributed by atoms with Crippen LogP contribution in [-0.2, 0) is 11.2 Å². The average Bonchev–Trinajstić information content (AvgIpc) is 2.63. The van der Waals surface area contributed by atoms with Crippen molar-refractivity contribution in [1.29, 1.82) is 0 Å². The Labute approximate surface area is 155 Å². The van der Waals surface area contributed by atoms with E-state index in [1.54, 1.807) is 7.11 Å². The minimum Gasteiger partial charge on any atom is -0.496 e. The lowest BCUT2D eigenvalue weighted by Crippen LogP contribution is -2.49. The van der Waals surface area contributed by atoms with Gasteiger partial charge in [0, 0.05) is 25.2 Å². The summed E-state index contributed by atoms with van der Waals surface area (Å²) in [4.78, 5) is 14.9. The first-order valence-electron chi connectivity index (χ1n) is 8.38. The number of aryl methyl sites for hydroxylation is 1. The molecular formula is C20H25ClN2O2. The molecule has 3 rings (SSSR count). The van der Waals surface area contributed by atoms with E-state index < -0.39 is 0 Å². The van der Waals surface area contributed by atoms with Gasteiger partial charge in [0.15, 0.2) is 0 Å². The molecule has 0 aliphatic carbocycles. The summed E-state index contributed by atoms with van der Waals surface area (Å²) in [5, 5.41) is 3.40. The maximum absolute atomic E-state index is 13.0. The van der Waals surface area contributed by atoms with Crippen molar-refractivity contribution in [3.8, 4) is 5.75 Å². The van der Waals surface area contributed by atoms with Crippen LogP contribution in [0, 0.1) is 6.92 Å². The molecule has 0 radical (unpaired) electrons. The normalized spacial score (nSPS) is 16.9. The molecule has 1 saturated heterocycles. The van der Waals surface area contributed by atoms with Gasteiger partial charge in [0.25, 0.3) is 0 Å². The number of methoxy groups -OCH3 is 1. The Morgan fingerprint density at radius 1 is 1.20 bits per heavy atom. The molecule has 0 spiro atoms. The summed E-state index contributed by atoms with van der Waals surface area (Å²) < 4.78 is 5.50. The van der Waals surface area contributed by atoms with Crippen LogP contribution in [-0.4, -0.2) is 37.6 Å². The van der Waals surface area contributed by atoms with Gasteiger partial charge in [-0.3, -0.25) is 4.79 Å². The van der Waals surface area contributed by atoms with E-state index in [9.17, 15) is 4.79 Å². The Balaban J connectivity index is 0.00000225. The van der Waals surface area contributed by atoms with Crippen molar-refractivity contribution >= 4 is 18.3 Å². The number of carbonyl (C=O) groups is 1. The van der Waals surface area contributed by atoms with E-state index in [1.807, 2.05) is 47.4 Å². The standard InChI is InChI=1S/C20H24N2O2.ClH/c1-15-7-3-4-8-16(15)13-20(23)22-12-11-21-14-18(22)17-9-5-6-10-19(17)24-2;/h3-10,18,21H,11-14H2,1-2H3;1H. The number of nitrogens with one attached hydrogen (secondary N) is 1. The number of halogens is 1. The van der Waals surface area contributed by atoms with E-state index in [0.29, 0.717) is 13.0 Å². The van der Waals surface area contributed by atoms with E-state index in [2.05, 4.69) is 18.3 Å². The number of carbonyl (C=O) groups excluding carboxylic acids is 1. The van der Waals surface area contributed by atoms with E-state index in [-0.39, 0.29) is 24.4 Å². The van der Waals surface area contributed by atoms with Gasteiger partial charge >= 0.3 is 0 Å². The molecule has 5 heteroatoms. The lowest BCUT2D eigenvalue weighted by atomic mass is 10.00. The molecule has 1 unspecified atom stereocenters. The van der Waals surface area contributed by atoms with Gasteiger partial charge in [-0.05, 0) is 24.1 Å². The lowest BCUT2D eigenvalue weighted by molar-refractivity contribution is -0.133. The van der Waals surface area contributed by atoms with Gasteiger partial charge in [0.2, 0.25) is 5.91 Å². The van der Waals surface area contributed by atoms with Gasteiger partial charge < -0.3 is 15.0 Å². The number of ether oxygens (including phenoxy) is 1. The minimum atomic E-state index is 0. The Kier molecular flexibility index (Phi) is 6.85. The Morgan fingerprint density at radius 2 is 1.92 bits per heavy atom. The Hall–Kier alpha value is -2.04. The molecular weight excluding hydrogens is 336 g/mol. The molecule has 1 N–H and O–H groups in total. The summed E-state index contributed by atoms with van der Waals surface area (Å²) >= 11 is 0. The molecule has 1 fully saturated rings. The number of nitrogens with zero attached hydrogens (tertiary/aromatic N) is 1. The maximum atomic E-state index is 13.0. The molecule has 25 heavy (non-hydrogen) atoms. The smallest absolute Gasteiger partial charge is 0.227 e. The van der Waals surface area contributed by atoms with Crippen molar-refractivity contribution in [3.05, 3.63) is 65.2 Å². The monoisotopic (exact) mass is 360 g/mol. The largest absolute Gasteiger partial charge is 0.496 e. The van der Waals surface area contributed by atoms with Gasteiger partial charge in [-0.25, -0.2) is 0 Å². The topological polar surface area (TPSA) is 41.6 Å². The second-order valence-corrected chi connectivity index (χ2v) is 6.15. The van der Waals surface area contributed by atoms with Crippen LogP contribution in [0.25, 0.3) is 0 Å². The Morgan fingerprint density at radius 3 is 2.68 bits per heavy atom. The van der Waals surface area contributed by atoms with Crippen molar-refractivity contribution in [3.63, 3.8) is 0 Å². The molecule has 1 atom stereocenters. The van der Waals surface area contributed by atoms with Crippen LogP contribution in [0.1, 0.15) is 22.7 Å². The zero-order chi connectivity index (χ0) is 16.9. The summed E-state index contributed by atoms with van der Waals surface area (Å²) in [5.41, 5.74) is 3.32. The minimum absolute atomic E-state index is 0. The molecule has 1 amide bonds. The second-order valence-electron chi connectivity index (χ2n) is 6.15. The number of para-hydroxylation sites is 1. The summed E-state index contributed by atoms with van der Waals surface area (Å²) in [6.07, 6.45) is 0.443. The highest BCUT2D eigenvalue weighted by atomic mass is 35.5. The molecule has 2 aromatic rings. The van der Waals surface area contributed by atoms with Gasteiger partial charge in [-0.2, -0.15) is 0 Å². The molecule has 2 aromatic carbocycles. The molecule has 1 heterocycles. The van der Waals surface area contributed by atoms with Gasteiger partial charge in [0.1, 0.15) is 5.75 Å². The first kappa shape index (κ1) is 19.3. The van der Waals surface area contributed by atoms with Crippen LogP contribution in [0.2, 0.25) is 0 Å². The van der Waals surface area contributed by atoms with E-state index in [1.165, 1.54) is 0 Å². The van der Waals surface area contributed by atoms with Crippen molar-refractivity contribution in [1.82, 2.24) is 10.2 Å². The quantitative estimate of drug-likeness (QED) is 0.910. The van der Waals surface area contributed by atoms with Gasteiger partial charge in [-0.15, -0.1) is 12.4 Å². The predicted molar refractivity (Wildman–Crippen MR) is 102 cm³/mol. The fourth-order valence-electron chi connectivity index (χ4n) is 3.30. The zero-order valence-corrected chi connectivity index (χ0v) is 15.5. The molecule has 134 valence electrons. The summed E-state index contributed by atoms with van der Waals surface area (Å²) in [6, 6.07) is 16.0. The molecule has 1 aliphatic rings. The first-order valence-corrected chi connectivity index (χ1v) is 8.38. The van der Waals surface area contributed by atoms with Crippen LogP contribution in [0.4, 0.5) is 0 Å². The van der Waals surface area contributed by atoms with Gasteiger partial charge in [-0.1, -0.05) is 42.5 Å². The van der Waals surface area contributed by atoms with Crippen LogP contribution in [0.5, 0.6) is 5.75 Å². The van der Waals surface area contributed by atoms with E-state index >= 15 is 0 Å². The number of hydrogen-bond donors (Lipinski definition) is 1. The number of piperazine rings is 1. The average molecular weight is 361 g/mol.